The molecule has 1 amide bonds. The molecule has 1 saturated heterocycles. The van der Waals surface area contributed by atoms with E-state index in [1.807, 2.05) is 0 Å². The lowest BCUT2D eigenvalue weighted by atomic mass is 10.3. The number of halogens is 1. The Bertz CT molecular complexity index is 925. The van der Waals surface area contributed by atoms with Crippen LogP contribution in [0.4, 0.5) is 4.39 Å². The van der Waals surface area contributed by atoms with Crippen molar-refractivity contribution in [1.29, 1.82) is 0 Å². The van der Waals surface area contributed by atoms with E-state index in [-0.39, 0.29) is 11.7 Å². The summed E-state index contributed by atoms with van der Waals surface area (Å²) < 4.78 is 20.0. The van der Waals surface area contributed by atoms with E-state index >= 15 is 0 Å². The van der Waals surface area contributed by atoms with Crippen LogP contribution in [0.25, 0.3) is 16.7 Å². The summed E-state index contributed by atoms with van der Waals surface area (Å²) in [5.74, 6) is 0.0575. The molecule has 1 aromatic carbocycles. The van der Waals surface area contributed by atoms with Gasteiger partial charge in [0.05, 0.1) is 36.2 Å². The number of carbonyl (C=O) groups is 1. The number of aromatic nitrogens is 4. The van der Waals surface area contributed by atoms with Crippen LogP contribution >= 0.6 is 11.8 Å². The highest BCUT2D eigenvalue weighted by Crippen LogP contribution is 2.26. The van der Waals surface area contributed by atoms with Crippen molar-refractivity contribution in [2.24, 2.45) is 0 Å². The molecule has 0 bridgehead atoms. The molecule has 0 unspecified atom stereocenters. The number of fused-ring (bicyclic) bond motifs is 1. The molecule has 1 aliphatic rings. The maximum atomic E-state index is 13.1. The fourth-order valence-corrected chi connectivity index (χ4v) is 3.61. The first-order valence-corrected chi connectivity index (χ1v) is 9.14. The minimum atomic E-state index is -0.308. The minimum absolute atomic E-state index is 0.0657. The molecule has 26 heavy (non-hydrogen) atoms. The van der Waals surface area contributed by atoms with Gasteiger partial charge in [0, 0.05) is 13.1 Å². The summed E-state index contributed by atoms with van der Waals surface area (Å²) in [7, 11) is 0. The molecule has 3 aromatic rings. The maximum absolute atomic E-state index is 13.1. The predicted octanol–water partition coefficient (Wildman–Crippen LogP) is 1.91. The van der Waals surface area contributed by atoms with Gasteiger partial charge in [0.15, 0.2) is 5.65 Å². The second-order valence-corrected chi connectivity index (χ2v) is 6.69. The molecular formula is C17H16FN5O2S. The largest absolute Gasteiger partial charge is 0.378 e. The zero-order valence-corrected chi connectivity index (χ0v) is 14.7. The number of benzene rings is 1. The van der Waals surface area contributed by atoms with Gasteiger partial charge in [-0.2, -0.15) is 5.10 Å². The molecule has 0 aliphatic carbocycles. The van der Waals surface area contributed by atoms with Crippen molar-refractivity contribution >= 4 is 28.7 Å². The summed E-state index contributed by atoms with van der Waals surface area (Å²) in [5, 5.41) is 5.80. The number of hydrogen-bond donors (Lipinski definition) is 0. The monoisotopic (exact) mass is 373 g/mol. The smallest absolute Gasteiger partial charge is 0.233 e. The van der Waals surface area contributed by atoms with E-state index in [2.05, 4.69) is 15.1 Å². The first kappa shape index (κ1) is 16.9. The highest BCUT2D eigenvalue weighted by atomic mass is 32.2. The first-order valence-electron chi connectivity index (χ1n) is 8.15. The van der Waals surface area contributed by atoms with Gasteiger partial charge in [-0.25, -0.2) is 19.0 Å². The van der Waals surface area contributed by atoms with Gasteiger partial charge in [-0.05, 0) is 24.3 Å². The molecule has 0 radical (unpaired) electrons. The summed E-state index contributed by atoms with van der Waals surface area (Å²) in [5.41, 5.74) is 1.33. The van der Waals surface area contributed by atoms with Gasteiger partial charge in [0.1, 0.15) is 17.2 Å². The molecule has 0 spiro atoms. The molecule has 0 N–H and O–H groups in total. The Morgan fingerprint density at radius 1 is 1.19 bits per heavy atom. The Morgan fingerprint density at radius 2 is 1.96 bits per heavy atom. The number of morpholine rings is 1. The maximum Gasteiger partial charge on any atom is 0.233 e. The third-order valence-electron chi connectivity index (χ3n) is 4.10. The summed E-state index contributed by atoms with van der Waals surface area (Å²) >= 11 is 1.37. The van der Waals surface area contributed by atoms with Gasteiger partial charge in [-0.3, -0.25) is 4.79 Å². The number of carbonyl (C=O) groups excluding carboxylic acids is 1. The minimum Gasteiger partial charge on any atom is -0.378 e. The fraction of sp³-hybridized carbons (Fsp3) is 0.294. The Balaban J connectivity index is 1.55. The van der Waals surface area contributed by atoms with Crippen LogP contribution in [0.1, 0.15) is 0 Å². The van der Waals surface area contributed by atoms with E-state index in [0.717, 1.165) is 5.39 Å². The molecule has 3 heterocycles. The number of amides is 1. The average molecular weight is 373 g/mol. The lowest BCUT2D eigenvalue weighted by molar-refractivity contribution is -0.132. The van der Waals surface area contributed by atoms with Crippen LogP contribution in [-0.4, -0.2) is 62.6 Å². The van der Waals surface area contributed by atoms with Gasteiger partial charge in [-0.1, -0.05) is 11.8 Å². The SMILES string of the molecule is O=C(CSc1ncnc2c1cnn2-c1ccc(F)cc1)N1CCOCC1. The summed E-state index contributed by atoms with van der Waals surface area (Å²) in [4.78, 5) is 22.7. The number of rotatable bonds is 4. The average Bonchev–Trinajstić information content (AvgIpc) is 3.12. The Morgan fingerprint density at radius 3 is 2.73 bits per heavy atom. The quantitative estimate of drug-likeness (QED) is 0.514. The van der Waals surface area contributed by atoms with Crippen molar-refractivity contribution < 1.29 is 13.9 Å². The standard InChI is InChI=1S/C17H16FN5O2S/c18-12-1-3-13(4-2-12)23-16-14(9-21-23)17(20-11-19-16)26-10-15(24)22-5-7-25-8-6-22/h1-4,9,11H,5-8,10H2. The van der Waals surface area contributed by atoms with E-state index in [0.29, 0.717) is 48.4 Å². The van der Waals surface area contributed by atoms with Crippen LogP contribution in [0.3, 0.4) is 0 Å². The summed E-state index contributed by atoms with van der Waals surface area (Å²) in [6.07, 6.45) is 3.12. The van der Waals surface area contributed by atoms with Crippen molar-refractivity contribution in [3.63, 3.8) is 0 Å². The predicted molar refractivity (Wildman–Crippen MR) is 94.7 cm³/mol. The highest BCUT2D eigenvalue weighted by Gasteiger charge is 2.18. The second kappa shape index (κ2) is 7.38. The van der Waals surface area contributed by atoms with E-state index in [1.54, 1.807) is 27.9 Å². The van der Waals surface area contributed by atoms with E-state index < -0.39 is 0 Å². The number of thioether (sulfide) groups is 1. The molecule has 0 atom stereocenters. The Kier molecular flexibility index (Phi) is 4.81. The molecule has 1 aliphatic heterocycles. The molecule has 1 fully saturated rings. The number of ether oxygens (including phenoxy) is 1. The van der Waals surface area contributed by atoms with Gasteiger partial charge in [0.25, 0.3) is 0 Å². The molecule has 7 nitrogen and oxygen atoms in total. The van der Waals surface area contributed by atoms with Gasteiger partial charge < -0.3 is 9.64 Å². The molecular weight excluding hydrogens is 357 g/mol. The van der Waals surface area contributed by atoms with E-state index in [1.165, 1.54) is 30.2 Å². The lowest BCUT2D eigenvalue weighted by Crippen LogP contribution is -2.41. The number of hydrogen-bond acceptors (Lipinski definition) is 6. The second-order valence-electron chi connectivity index (χ2n) is 5.73. The first-order chi connectivity index (χ1) is 12.7. The van der Waals surface area contributed by atoms with Crippen molar-refractivity contribution in [1.82, 2.24) is 24.6 Å². The molecule has 134 valence electrons. The lowest BCUT2D eigenvalue weighted by Gasteiger charge is -2.26. The molecule has 9 heteroatoms. The normalized spacial score (nSPS) is 14.7. The van der Waals surface area contributed by atoms with Gasteiger partial charge in [0.2, 0.25) is 5.91 Å². The summed E-state index contributed by atoms with van der Waals surface area (Å²) in [6.45, 7) is 2.42. The molecule has 4 rings (SSSR count). The zero-order chi connectivity index (χ0) is 17.9. The van der Waals surface area contributed by atoms with E-state index in [4.69, 9.17) is 4.74 Å². The van der Waals surface area contributed by atoms with Crippen LogP contribution in [0.15, 0.2) is 41.8 Å². The number of nitrogens with zero attached hydrogens (tertiary/aromatic N) is 5. The topological polar surface area (TPSA) is 73.1 Å². The third kappa shape index (κ3) is 3.40. The van der Waals surface area contributed by atoms with E-state index in [9.17, 15) is 9.18 Å². The Labute approximate surface area is 153 Å². The van der Waals surface area contributed by atoms with Crippen LogP contribution in [0, 0.1) is 5.82 Å². The molecule has 2 aromatic heterocycles. The Hall–Kier alpha value is -2.52. The van der Waals surface area contributed by atoms with Crippen molar-refractivity contribution in [3.8, 4) is 5.69 Å². The van der Waals surface area contributed by atoms with Crippen LogP contribution < -0.4 is 0 Å². The van der Waals surface area contributed by atoms with Crippen molar-refractivity contribution in [2.75, 3.05) is 32.1 Å². The third-order valence-corrected chi connectivity index (χ3v) is 5.09. The van der Waals surface area contributed by atoms with Crippen molar-refractivity contribution in [3.05, 3.63) is 42.6 Å². The van der Waals surface area contributed by atoms with Crippen LogP contribution in [-0.2, 0) is 9.53 Å². The van der Waals surface area contributed by atoms with Gasteiger partial charge >= 0.3 is 0 Å². The van der Waals surface area contributed by atoms with Crippen LogP contribution in [0.5, 0.6) is 0 Å². The van der Waals surface area contributed by atoms with Crippen molar-refractivity contribution in [2.45, 2.75) is 5.03 Å². The molecule has 0 saturated carbocycles. The fourth-order valence-electron chi connectivity index (χ4n) is 2.74. The summed E-state index contributed by atoms with van der Waals surface area (Å²) in [6, 6.07) is 6.03. The zero-order valence-electron chi connectivity index (χ0n) is 13.8. The highest BCUT2D eigenvalue weighted by molar-refractivity contribution is 8.00. The van der Waals surface area contributed by atoms with Gasteiger partial charge in [-0.15, -0.1) is 0 Å². The van der Waals surface area contributed by atoms with Crippen LogP contribution in [0.2, 0.25) is 0 Å².